The minimum atomic E-state index is -0.397. The molecule has 0 saturated carbocycles. The van der Waals surface area contributed by atoms with Gasteiger partial charge in [-0.2, -0.15) is 15.8 Å². The van der Waals surface area contributed by atoms with Gasteiger partial charge >= 0.3 is 0 Å². The lowest BCUT2D eigenvalue weighted by molar-refractivity contribution is 0.611. The lowest BCUT2D eigenvalue weighted by atomic mass is 10.2. The highest BCUT2D eigenvalue weighted by Crippen LogP contribution is 2.27. The molecule has 6 nitrogen and oxygen atoms in total. The maximum absolute atomic E-state index is 13.3. The van der Waals surface area contributed by atoms with Gasteiger partial charge in [-0.1, -0.05) is 6.07 Å². The van der Waals surface area contributed by atoms with Crippen molar-refractivity contribution in [2.24, 2.45) is 0 Å². The molecule has 25 heavy (non-hydrogen) atoms. The van der Waals surface area contributed by atoms with Crippen LogP contribution in [0.25, 0.3) is 22.6 Å². The molecule has 0 aliphatic rings. The average Bonchev–Trinajstić information content (AvgIpc) is 3.05. The molecule has 0 aliphatic heterocycles. The van der Waals surface area contributed by atoms with Gasteiger partial charge in [0.25, 0.3) is 0 Å². The van der Waals surface area contributed by atoms with Gasteiger partial charge in [-0.25, -0.2) is 9.37 Å². The van der Waals surface area contributed by atoms with Crippen molar-refractivity contribution in [3.63, 3.8) is 0 Å². The number of nitrogens with one attached hydrogen (secondary N) is 1. The largest absolute Gasteiger partial charge is 0.436 e. The third-order valence-corrected chi connectivity index (χ3v) is 3.31. The molecule has 118 valence electrons. The van der Waals surface area contributed by atoms with Gasteiger partial charge in [0.2, 0.25) is 5.89 Å². The highest BCUT2D eigenvalue weighted by atomic mass is 19.1. The summed E-state index contributed by atoms with van der Waals surface area (Å²) in [5, 5.41) is 29.5. The summed E-state index contributed by atoms with van der Waals surface area (Å²) in [5.74, 6) is -0.135. The third-order valence-electron chi connectivity index (χ3n) is 3.31. The van der Waals surface area contributed by atoms with Gasteiger partial charge in [-0.3, -0.25) is 0 Å². The van der Waals surface area contributed by atoms with Gasteiger partial charge < -0.3 is 9.73 Å². The second kappa shape index (κ2) is 6.54. The number of nitriles is 3. The molecule has 1 heterocycles. The van der Waals surface area contributed by atoms with Gasteiger partial charge in [-0.05, 0) is 30.3 Å². The number of rotatable bonds is 3. The summed E-state index contributed by atoms with van der Waals surface area (Å²) < 4.78 is 19.0. The topological polar surface area (TPSA) is 109 Å². The number of fused-ring (bicyclic) bond motifs is 1. The number of hydrogen-bond donors (Lipinski definition) is 1. The molecule has 0 fully saturated rings. The van der Waals surface area contributed by atoms with E-state index >= 15 is 0 Å². The summed E-state index contributed by atoms with van der Waals surface area (Å²) in [4.78, 5) is 4.29. The highest BCUT2D eigenvalue weighted by Gasteiger charge is 2.11. The molecule has 1 aromatic heterocycles. The maximum Gasteiger partial charge on any atom is 0.227 e. The van der Waals surface area contributed by atoms with Crippen LogP contribution in [0, 0.1) is 39.8 Å². The van der Waals surface area contributed by atoms with Crippen LogP contribution in [0.1, 0.15) is 0 Å². The number of aromatic nitrogens is 1. The highest BCUT2D eigenvalue weighted by molar-refractivity contribution is 5.80. The molecule has 3 aromatic rings. The maximum atomic E-state index is 13.3. The fourth-order valence-electron chi connectivity index (χ4n) is 2.17. The molecular formula is C18H8FN5O. The first-order valence-corrected chi connectivity index (χ1v) is 7.02. The number of oxazole rings is 1. The molecule has 7 heteroatoms. The van der Waals surface area contributed by atoms with Gasteiger partial charge in [-0.15, -0.1) is 0 Å². The van der Waals surface area contributed by atoms with E-state index in [-0.39, 0.29) is 17.2 Å². The van der Waals surface area contributed by atoms with E-state index in [9.17, 15) is 4.39 Å². The first-order chi connectivity index (χ1) is 12.1. The van der Waals surface area contributed by atoms with Crippen LogP contribution in [0.15, 0.2) is 58.2 Å². The van der Waals surface area contributed by atoms with Crippen molar-refractivity contribution in [2.45, 2.75) is 0 Å². The Balaban J connectivity index is 1.99. The Bertz CT molecular complexity index is 1110. The van der Waals surface area contributed by atoms with Crippen molar-refractivity contribution in [3.05, 3.63) is 59.6 Å². The van der Waals surface area contributed by atoms with Crippen molar-refractivity contribution >= 4 is 16.8 Å². The molecule has 3 rings (SSSR count). The van der Waals surface area contributed by atoms with Crippen LogP contribution >= 0.6 is 0 Å². The zero-order valence-corrected chi connectivity index (χ0v) is 12.6. The van der Waals surface area contributed by atoms with Gasteiger partial charge in [0, 0.05) is 17.3 Å². The van der Waals surface area contributed by atoms with Crippen LogP contribution in [0.3, 0.4) is 0 Å². The summed E-state index contributed by atoms with van der Waals surface area (Å²) in [5.41, 5.74) is 1.44. The van der Waals surface area contributed by atoms with Crippen LogP contribution in [0.4, 0.5) is 10.1 Å². The molecule has 0 saturated heterocycles. The Morgan fingerprint density at radius 1 is 1.04 bits per heavy atom. The second-order valence-corrected chi connectivity index (χ2v) is 4.92. The van der Waals surface area contributed by atoms with Crippen molar-refractivity contribution < 1.29 is 8.81 Å². The summed E-state index contributed by atoms with van der Waals surface area (Å²) >= 11 is 0. The number of allylic oxidation sites excluding steroid dienone is 2. The predicted octanol–water partition coefficient (Wildman–Crippen LogP) is 3.87. The fourth-order valence-corrected chi connectivity index (χ4v) is 2.17. The number of anilines is 1. The zero-order chi connectivity index (χ0) is 17.8. The minimum Gasteiger partial charge on any atom is -0.436 e. The summed E-state index contributed by atoms with van der Waals surface area (Å²) in [7, 11) is 0. The molecule has 0 bridgehead atoms. The molecular weight excluding hydrogens is 321 g/mol. The first-order valence-electron chi connectivity index (χ1n) is 7.02. The fraction of sp³-hybridized carbons (Fsp3) is 0. The van der Waals surface area contributed by atoms with Crippen LogP contribution in [0.2, 0.25) is 0 Å². The van der Waals surface area contributed by atoms with Crippen molar-refractivity contribution in [1.82, 2.24) is 4.98 Å². The van der Waals surface area contributed by atoms with Crippen LogP contribution < -0.4 is 5.32 Å². The molecule has 0 aliphatic carbocycles. The van der Waals surface area contributed by atoms with E-state index in [2.05, 4.69) is 10.3 Å². The molecule has 0 unspecified atom stereocenters. The first kappa shape index (κ1) is 15.7. The predicted molar refractivity (Wildman–Crippen MR) is 86.9 cm³/mol. The van der Waals surface area contributed by atoms with Crippen molar-refractivity contribution in [1.29, 1.82) is 15.8 Å². The second-order valence-electron chi connectivity index (χ2n) is 4.92. The lowest BCUT2D eigenvalue weighted by Gasteiger charge is -2.03. The smallest absolute Gasteiger partial charge is 0.227 e. The van der Waals surface area contributed by atoms with Gasteiger partial charge in [0.05, 0.1) is 0 Å². The number of benzene rings is 2. The Hall–Kier alpha value is -4.15. The summed E-state index contributed by atoms with van der Waals surface area (Å²) in [6, 6.07) is 15.8. The lowest BCUT2D eigenvalue weighted by Crippen LogP contribution is -2.00. The molecule has 0 amide bonds. The Kier molecular flexibility index (Phi) is 4.11. The van der Waals surface area contributed by atoms with Crippen LogP contribution in [0.5, 0.6) is 0 Å². The molecule has 1 N–H and O–H groups in total. The molecule has 0 radical (unpaired) electrons. The SMILES string of the molecule is N#CC(C#N)=C(C#N)Nc1ccc2nc(-c3cccc(F)c3)oc2c1. The van der Waals surface area contributed by atoms with E-state index in [1.807, 2.05) is 0 Å². The van der Waals surface area contributed by atoms with E-state index in [0.29, 0.717) is 22.4 Å². The number of halogens is 1. The van der Waals surface area contributed by atoms with Crippen LogP contribution in [-0.2, 0) is 0 Å². The quantitative estimate of drug-likeness (QED) is 0.730. The average molecular weight is 329 g/mol. The molecule has 0 spiro atoms. The standard InChI is InChI=1S/C18H8FN5O/c19-13-3-1-2-11(6-13)18-24-15-5-4-14(7-17(15)25-18)23-16(10-22)12(8-20)9-21/h1-7,23H. The van der Waals surface area contributed by atoms with Crippen molar-refractivity contribution in [2.75, 3.05) is 5.32 Å². The third kappa shape index (κ3) is 3.14. The van der Waals surface area contributed by atoms with Gasteiger partial charge in [0.15, 0.2) is 11.2 Å². The Morgan fingerprint density at radius 3 is 2.52 bits per heavy atom. The summed E-state index contributed by atoms with van der Waals surface area (Å²) in [6.45, 7) is 0. The zero-order valence-electron chi connectivity index (χ0n) is 12.6. The van der Waals surface area contributed by atoms with E-state index in [1.165, 1.54) is 12.1 Å². The summed E-state index contributed by atoms with van der Waals surface area (Å²) in [6.07, 6.45) is 0. The Morgan fingerprint density at radius 2 is 1.84 bits per heavy atom. The monoisotopic (exact) mass is 329 g/mol. The normalized spacial score (nSPS) is 9.68. The molecule has 0 atom stereocenters. The number of hydrogen-bond acceptors (Lipinski definition) is 6. The van der Waals surface area contributed by atoms with E-state index in [4.69, 9.17) is 20.2 Å². The van der Waals surface area contributed by atoms with Gasteiger partial charge in [0.1, 0.15) is 35.2 Å². The Labute approximate surface area is 141 Å². The minimum absolute atomic E-state index is 0.158. The van der Waals surface area contributed by atoms with E-state index in [1.54, 1.807) is 48.5 Å². The van der Waals surface area contributed by atoms with E-state index in [0.717, 1.165) is 0 Å². The van der Waals surface area contributed by atoms with Crippen molar-refractivity contribution in [3.8, 4) is 29.7 Å². The number of nitrogens with zero attached hydrogens (tertiary/aromatic N) is 4. The van der Waals surface area contributed by atoms with Crippen LogP contribution in [-0.4, -0.2) is 4.98 Å². The molecule has 2 aromatic carbocycles. The van der Waals surface area contributed by atoms with E-state index < -0.39 is 5.82 Å².